The molecule has 0 saturated heterocycles. The summed E-state index contributed by atoms with van der Waals surface area (Å²) < 4.78 is 0. The van der Waals surface area contributed by atoms with Gasteiger partial charge in [-0.25, -0.2) is 0 Å². The first-order chi connectivity index (χ1) is 9.15. The third-order valence-corrected chi connectivity index (χ3v) is 4.95. The van der Waals surface area contributed by atoms with E-state index < -0.39 is 0 Å². The van der Waals surface area contributed by atoms with Gasteiger partial charge in [-0.1, -0.05) is 28.5 Å². The second-order valence-corrected chi connectivity index (χ2v) is 6.61. The summed E-state index contributed by atoms with van der Waals surface area (Å²) in [5.74, 6) is 1.16. The van der Waals surface area contributed by atoms with Gasteiger partial charge in [0.15, 0.2) is 0 Å². The molecule has 0 aromatic carbocycles. The van der Waals surface area contributed by atoms with E-state index in [0.717, 1.165) is 22.8 Å². The molecule has 0 aromatic rings. The molecule has 1 rings (SSSR count). The van der Waals surface area contributed by atoms with Crippen LogP contribution >= 0.6 is 21.6 Å². The third kappa shape index (κ3) is 6.15. The van der Waals surface area contributed by atoms with E-state index in [4.69, 9.17) is 0 Å². The van der Waals surface area contributed by atoms with E-state index >= 15 is 0 Å². The molecule has 1 N–H and O–H groups in total. The summed E-state index contributed by atoms with van der Waals surface area (Å²) in [7, 11) is 3.54. The van der Waals surface area contributed by atoms with Crippen molar-refractivity contribution in [3.05, 3.63) is 12.2 Å². The highest BCUT2D eigenvalue weighted by Gasteiger charge is 2.23. The summed E-state index contributed by atoms with van der Waals surface area (Å²) in [6.45, 7) is 2.89. The van der Waals surface area contributed by atoms with Gasteiger partial charge in [0.2, 0.25) is 5.91 Å². The first-order valence-electron chi connectivity index (χ1n) is 6.19. The van der Waals surface area contributed by atoms with Crippen molar-refractivity contribution in [2.24, 2.45) is 0 Å². The Bertz CT molecular complexity index is 354. The fraction of sp³-hybridized carbons (Fsp3) is 0.583. The number of imide groups is 1. The molecule has 106 valence electrons. The van der Waals surface area contributed by atoms with E-state index in [-0.39, 0.29) is 30.7 Å². The Balaban J connectivity index is 2.05. The molecule has 1 heterocycles. The van der Waals surface area contributed by atoms with Gasteiger partial charge in [-0.2, -0.15) is 0 Å². The Morgan fingerprint density at radius 1 is 1.21 bits per heavy atom. The maximum absolute atomic E-state index is 11.5. The molecule has 0 aromatic heterocycles. The molecule has 1 aliphatic heterocycles. The maximum Gasteiger partial charge on any atom is 0.253 e. The van der Waals surface area contributed by atoms with Crippen LogP contribution in [0, 0.1) is 0 Å². The smallest absolute Gasteiger partial charge is 0.253 e. The molecule has 0 bridgehead atoms. The second kappa shape index (κ2) is 9.03. The number of nitrogens with zero attached hydrogens (tertiary/aromatic N) is 1. The van der Waals surface area contributed by atoms with Gasteiger partial charge in [0.25, 0.3) is 11.8 Å². The van der Waals surface area contributed by atoms with Gasteiger partial charge in [-0.05, 0) is 6.42 Å². The van der Waals surface area contributed by atoms with E-state index in [1.54, 1.807) is 21.6 Å². The van der Waals surface area contributed by atoms with E-state index in [9.17, 15) is 14.4 Å². The Labute approximate surface area is 120 Å². The van der Waals surface area contributed by atoms with Gasteiger partial charge in [0.05, 0.1) is 0 Å². The molecule has 0 unspecified atom stereocenters. The lowest BCUT2D eigenvalue weighted by Crippen LogP contribution is -2.35. The number of carbonyl (C=O) groups is 3. The Hall–Kier alpha value is -0.950. The molecular weight excluding hydrogens is 284 g/mol. The lowest BCUT2D eigenvalue weighted by Gasteiger charge is -2.13. The Morgan fingerprint density at radius 3 is 2.47 bits per heavy atom. The lowest BCUT2D eigenvalue weighted by molar-refractivity contribution is -0.137. The summed E-state index contributed by atoms with van der Waals surface area (Å²) in [4.78, 5) is 35.1. The Morgan fingerprint density at radius 2 is 1.84 bits per heavy atom. The average molecular weight is 302 g/mol. The highest BCUT2D eigenvalue weighted by Crippen LogP contribution is 2.20. The normalized spacial score (nSPS) is 14.3. The largest absolute Gasteiger partial charge is 0.355 e. The van der Waals surface area contributed by atoms with E-state index in [0.29, 0.717) is 6.54 Å². The number of amides is 3. The first kappa shape index (κ1) is 16.1. The molecule has 0 saturated carbocycles. The van der Waals surface area contributed by atoms with Crippen molar-refractivity contribution in [1.29, 1.82) is 0 Å². The molecule has 1 aliphatic rings. The molecule has 0 fully saturated rings. The summed E-state index contributed by atoms with van der Waals surface area (Å²) in [6.07, 6.45) is 3.76. The fourth-order valence-corrected chi connectivity index (χ4v) is 3.43. The summed E-state index contributed by atoms with van der Waals surface area (Å²) >= 11 is 0. The quantitative estimate of drug-likeness (QED) is 0.394. The summed E-state index contributed by atoms with van der Waals surface area (Å²) in [6, 6.07) is 0. The number of hydrogen-bond acceptors (Lipinski definition) is 5. The molecule has 0 aliphatic carbocycles. The van der Waals surface area contributed by atoms with Crippen molar-refractivity contribution >= 4 is 39.3 Å². The zero-order chi connectivity index (χ0) is 14.1. The molecule has 19 heavy (non-hydrogen) atoms. The van der Waals surface area contributed by atoms with Gasteiger partial charge in [0, 0.05) is 43.2 Å². The summed E-state index contributed by atoms with van der Waals surface area (Å²) in [5, 5.41) is 2.77. The van der Waals surface area contributed by atoms with E-state index in [1.807, 2.05) is 0 Å². The molecule has 7 heteroatoms. The molecule has 3 amide bonds. The van der Waals surface area contributed by atoms with Crippen LogP contribution in [0.2, 0.25) is 0 Å². The standard InChI is InChI=1S/C12H18N2O3S2/c1-2-8-18-19-9-6-13-10(15)5-7-14-11(16)3-4-12(14)17/h3-4H,2,5-9H2,1H3,(H,13,15). The topological polar surface area (TPSA) is 66.5 Å². The van der Waals surface area contributed by atoms with Gasteiger partial charge < -0.3 is 5.32 Å². The van der Waals surface area contributed by atoms with Crippen LogP contribution in [0.15, 0.2) is 12.2 Å². The van der Waals surface area contributed by atoms with Crippen molar-refractivity contribution in [2.75, 3.05) is 24.6 Å². The van der Waals surface area contributed by atoms with Crippen LogP contribution in [-0.4, -0.2) is 47.2 Å². The van der Waals surface area contributed by atoms with Crippen LogP contribution < -0.4 is 5.32 Å². The van der Waals surface area contributed by atoms with Crippen molar-refractivity contribution < 1.29 is 14.4 Å². The number of hydrogen-bond donors (Lipinski definition) is 1. The van der Waals surface area contributed by atoms with Gasteiger partial charge in [0.1, 0.15) is 0 Å². The monoisotopic (exact) mass is 302 g/mol. The van der Waals surface area contributed by atoms with E-state index in [2.05, 4.69) is 12.2 Å². The van der Waals surface area contributed by atoms with E-state index in [1.165, 1.54) is 12.2 Å². The lowest BCUT2D eigenvalue weighted by atomic mass is 10.3. The minimum Gasteiger partial charge on any atom is -0.355 e. The van der Waals surface area contributed by atoms with Crippen molar-refractivity contribution in [3.63, 3.8) is 0 Å². The second-order valence-electron chi connectivity index (χ2n) is 3.91. The first-order valence-corrected chi connectivity index (χ1v) is 8.68. The van der Waals surface area contributed by atoms with Crippen LogP contribution in [0.4, 0.5) is 0 Å². The fourth-order valence-electron chi connectivity index (χ4n) is 1.39. The summed E-state index contributed by atoms with van der Waals surface area (Å²) in [5.41, 5.74) is 0. The number of nitrogens with one attached hydrogen (secondary N) is 1. The van der Waals surface area contributed by atoms with Gasteiger partial charge in [-0.3, -0.25) is 19.3 Å². The molecular formula is C12H18N2O3S2. The van der Waals surface area contributed by atoms with Crippen LogP contribution in [0.5, 0.6) is 0 Å². The highest BCUT2D eigenvalue weighted by atomic mass is 33.1. The van der Waals surface area contributed by atoms with Crippen molar-refractivity contribution in [3.8, 4) is 0 Å². The predicted molar refractivity (Wildman–Crippen MR) is 78.7 cm³/mol. The van der Waals surface area contributed by atoms with Crippen molar-refractivity contribution in [2.45, 2.75) is 19.8 Å². The predicted octanol–water partition coefficient (Wildman–Crippen LogP) is 1.21. The van der Waals surface area contributed by atoms with Crippen LogP contribution in [0.25, 0.3) is 0 Å². The third-order valence-electron chi connectivity index (χ3n) is 2.34. The highest BCUT2D eigenvalue weighted by molar-refractivity contribution is 8.76. The number of carbonyl (C=O) groups excluding carboxylic acids is 3. The zero-order valence-electron chi connectivity index (χ0n) is 10.9. The van der Waals surface area contributed by atoms with Gasteiger partial charge in [-0.15, -0.1) is 0 Å². The molecule has 0 radical (unpaired) electrons. The van der Waals surface area contributed by atoms with Gasteiger partial charge >= 0.3 is 0 Å². The minimum absolute atomic E-state index is 0.131. The maximum atomic E-state index is 11.5. The SMILES string of the molecule is CCCSSCCNC(=O)CCN1C(=O)C=CC1=O. The zero-order valence-corrected chi connectivity index (χ0v) is 12.5. The Kier molecular flexibility index (Phi) is 7.66. The van der Waals surface area contributed by atoms with Crippen LogP contribution in [0.3, 0.4) is 0 Å². The van der Waals surface area contributed by atoms with Crippen LogP contribution in [-0.2, 0) is 14.4 Å². The molecule has 0 spiro atoms. The van der Waals surface area contributed by atoms with Crippen LogP contribution in [0.1, 0.15) is 19.8 Å². The minimum atomic E-state index is -0.343. The van der Waals surface area contributed by atoms with Crippen molar-refractivity contribution in [1.82, 2.24) is 10.2 Å². The number of rotatable bonds is 9. The average Bonchev–Trinajstić information content (AvgIpc) is 2.71. The molecule has 5 nitrogen and oxygen atoms in total. The molecule has 0 atom stereocenters.